The second-order valence-corrected chi connectivity index (χ2v) is 2.74. The van der Waals surface area contributed by atoms with Gasteiger partial charge in [0.25, 0.3) is 0 Å². The molecule has 4 nitrogen and oxygen atoms in total. The number of ketones is 1. The fourth-order valence-corrected chi connectivity index (χ4v) is 1.12. The maximum atomic E-state index is 11.1. The van der Waals surface area contributed by atoms with Gasteiger partial charge in [-0.15, -0.1) is 0 Å². The summed E-state index contributed by atoms with van der Waals surface area (Å²) in [7, 11) is 0. The van der Waals surface area contributed by atoms with E-state index >= 15 is 0 Å². The standard InChI is InChI=1S/C10H7NO3/c1-6(13)8-2-7(4-11)3-10(14)9(8)5-12/h2-3,5,14H,1H3. The molecule has 0 saturated heterocycles. The molecule has 14 heavy (non-hydrogen) atoms. The van der Waals surface area contributed by atoms with E-state index in [4.69, 9.17) is 5.26 Å². The van der Waals surface area contributed by atoms with Gasteiger partial charge in [0.1, 0.15) is 5.75 Å². The molecule has 70 valence electrons. The van der Waals surface area contributed by atoms with E-state index in [1.807, 2.05) is 0 Å². The van der Waals surface area contributed by atoms with Gasteiger partial charge in [-0.3, -0.25) is 9.59 Å². The van der Waals surface area contributed by atoms with Crippen molar-refractivity contribution in [2.45, 2.75) is 6.92 Å². The highest BCUT2D eigenvalue weighted by molar-refractivity contribution is 6.03. The van der Waals surface area contributed by atoms with Crippen LogP contribution < -0.4 is 0 Å². The van der Waals surface area contributed by atoms with Crippen molar-refractivity contribution in [1.82, 2.24) is 0 Å². The number of hydrogen-bond acceptors (Lipinski definition) is 4. The maximum absolute atomic E-state index is 11.1. The molecule has 0 radical (unpaired) electrons. The molecule has 0 aliphatic rings. The number of aromatic hydroxyl groups is 1. The summed E-state index contributed by atoms with van der Waals surface area (Å²) in [6.45, 7) is 1.27. The van der Waals surface area contributed by atoms with Crippen LogP contribution in [0.4, 0.5) is 0 Å². The van der Waals surface area contributed by atoms with E-state index in [0.29, 0.717) is 6.29 Å². The van der Waals surface area contributed by atoms with Gasteiger partial charge in [0.15, 0.2) is 12.1 Å². The highest BCUT2D eigenvalue weighted by atomic mass is 16.3. The monoisotopic (exact) mass is 189 g/mol. The van der Waals surface area contributed by atoms with Crippen molar-refractivity contribution in [3.05, 3.63) is 28.8 Å². The minimum absolute atomic E-state index is 0.0663. The minimum Gasteiger partial charge on any atom is -0.507 e. The molecular weight excluding hydrogens is 182 g/mol. The first-order chi connectivity index (χ1) is 6.60. The highest BCUT2D eigenvalue weighted by Gasteiger charge is 2.12. The molecule has 0 atom stereocenters. The molecule has 0 amide bonds. The topological polar surface area (TPSA) is 78.2 Å². The second-order valence-electron chi connectivity index (χ2n) is 2.74. The molecule has 0 aromatic heterocycles. The lowest BCUT2D eigenvalue weighted by molar-refractivity contribution is 0.100. The van der Waals surface area contributed by atoms with Crippen LogP contribution in [0.3, 0.4) is 0 Å². The first kappa shape index (κ1) is 9.93. The first-order valence-corrected chi connectivity index (χ1v) is 3.83. The van der Waals surface area contributed by atoms with Gasteiger partial charge in [-0.05, 0) is 19.1 Å². The van der Waals surface area contributed by atoms with Crippen LogP contribution in [0.25, 0.3) is 0 Å². The van der Waals surface area contributed by atoms with Crippen LogP contribution in [-0.2, 0) is 0 Å². The number of Topliss-reactive ketones (excluding diaryl/α,β-unsaturated/α-hetero) is 1. The number of carbonyl (C=O) groups excluding carboxylic acids is 2. The Morgan fingerprint density at radius 3 is 2.64 bits per heavy atom. The van der Waals surface area contributed by atoms with E-state index in [9.17, 15) is 14.7 Å². The molecular formula is C10H7NO3. The lowest BCUT2D eigenvalue weighted by Gasteiger charge is -2.03. The fourth-order valence-electron chi connectivity index (χ4n) is 1.12. The van der Waals surface area contributed by atoms with Crippen molar-refractivity contribution in [1.29, 1.82) is 5.26 Å². The molecule has 1 rings (SSSR count). The van der Waals surface area contributed by atoms with Gasteiger partial charge >= 0.3 is 0 Å². The molecule has 0 aliphatic heterocycles. The molecule has 0 unspecified atom stereocenters. The van der Waals surface area contributed by atoms with Crippen molar-refractivity contribution in [3.8, 4) is 11.8 Å². The van der Waals surface area contributed by atoms with Crippen LogP contribution in [0.15, 0.2) is 12.1 Å². The van der Waals surface area contributed by atoms with E-state index in [0.717, 1.165) is 6.07 Å². The third-order valence-electron chi connectivity index (χ3n) is 1.78. The minimum atomic E-state index is -0.362. The van der Waals surface area contributed by atoms with Crippen molar-refractivity contribution in [3.63, 3.8) is 0 Å². The van der Waals surface area contributed by atoms with Crippen LogP contribution in [0, 0.1) is 11.3 Å². The van der Waals surface area contributed by atoms with Crippen LogP contribution in [0.5, 0.6) is 5.75 Å². The van der Waals surface area contributed by atoms with Gasteiger partial charge in [-0.25, -0.2) is 0 Å². The Morgan fingerprint density at radius 1 is 1.57 bits per heavy atom. The molecule has 1 aromatic rings. The van der Waals surface area contributed by atoms with Crippen molar-refractivity contribution < 1.29 is 14.7 Å². The van der Waals surface area contributed by atoms with Crippen LogP contribution >= 0.6 is 0 Å². The lowest BCUT2D eigenvalue weighted by Crippen LogP contribution is -2.00. The van der Waals surface area contributed by atoms with Gasteiger partial charge < -0.3 is 5.11 Å². The third-order valence-corrected chi connectivity index (χ3v) is 1.78. The second kappa shape index (κ2) is 3.71. The quantitative estimate of drug-likeness (QED) is 0.561. The van der Waals surface area contributed by atoms with E-state index in [1.165, 1.54) is 13.0 Å². The van der Waals surface area contributed by atoms with Gasteiger partial charge in [0.05, 0.1) is 17.2 Å². The average molecular weight is 189 g/mol. The van der Waals surface area contributed by atoms with Crippen LogP contribution in [0.1, 0.15) is 33.2 Å². The summed E-state index contributed by atoms with van der Waals surface area (Å²) < 4.78 is 0. The number of rotatable bonds is 2. The Labute approximate surface area is 80.4 Å². The summed E-state index contributed by atoms with van der Waals surface area (Å²) in [4.78, 5) is 21.6. The SMILES string of the molecule is CC(=O)c1cc(C#N)cc(O)c1C=O. The summed E-state index contributed by atoms with van der Waals surface area (Å²) >= 11 is 0. The molecule has 0 fully saturated rings. The zero-order chi connectivity index (χ0) is 10.7. The molecule has 0 aliphatic carbocycles. The Bertz CT molecular complexity index is 443. The average Bonchev–Trinajstić information content (AvgIpc) is 2.16. The summed E-state index contributed by atoms with van der Waals surface area (Å²) in [5, 5.41) is 17.9. The van der Waals surface area contributed by atoms with Crippen molar-refractivity contribution in [2.24, 2.45) is 0 Å². The van der Waals surface area contributed by atoms with Gasteiger partial charge in [0, 0.05) is 5.56 Å². The lowest BCUT2D eigenvalue weighted by atomic mass is 10.0. The Kier molecular flexibility index (Phi) is 2.63. The zero-order valence-electron chi connectivity index (χ0n) is 7.44. The Hall–Kier alpha value is -2.15. The maximum Gasteiger partial charge on any atom is 0.160 e. The fraction of sp³-hybridized carbons (Fsp3) is 0.100. The molecule has 0 heterocycles. The number of nitrogens with zero attached hydrogens (tertiary/aromatic N) is 1. The number of phenols is 1. The molecule has 1 aromatic carbocycles. The summed E-state index contributed by atoms with van der Waals surface area (Å²) in [6.07, 6.45) is 0.396. The third kappa shape index (κ3) is 1.62. The van der Waals surface area contributed by atoms with Crippen LogP contribution in [-0.4, -0.2) is 17.2 Å². The first-order valence-electron chi connectivity index (χ1n) is 3.83. The van der Waals surface area contributed by atoms with Gasteiger partial charge in [-0.2, -0.15) is 5.26 Å². The molecule has 0 spiro atoms. The number of benzene rings is 1. The normalized spacial score (nSPS) is 9.14. The van der Waals surface area contributed by atoms with Crippen molar-refractivity contribution in [2.75, 3.05) is 0 Å². The van der Waals surface area contributed by atoms with E-state index in [2.05, 4.69) is 0 Å². The molecule has 0 saturated carbocycles. The summed E-state index contributed by atoms with van der Waals surface area (Å²) in [5.41, 5.74) is 0.145. The zero-order valence-corrected chi connectivity index (χ0v) is 7.44. The van der Waals surface area contributed by atoms with E-state index in [1.54, 1.807) is 6.07 Å². The van der Waals surface area contributed by atoms with Crippen LogP contribution in [0.2, 0.25) is 0 Å². The number of phenolic OH excluding ortho intramolecular Hbond substituents is 1. The predicted octanol–water partition coefficient (Wildman–Crippen LogP) is 1.28. The largest absolute Gasteiger partial charge is 0.507 e. The summed E-state index contributed by atoms with van der Waals surface area (Å²) in [5.74, 6) is -0.705. The number of aldehydes is 1. The van der Waals surface area contributed by atoms with Crippen molar-refractivity contribution >= 4 is 12.1 Å². The Balaban J connectivity index is 3.53. The van der Waals surface area contributed by atoms with E-state index < -0.39 is 0 Å². The smallest absolute Gasteiger partial charge is 0.160 e. The Morgan fingerprint density at radius 2 is 2.21 bits per heavy atom. The molecule has 0 bridgehead atoms. The van der Waals surface area contributed by atoms with E-state index in [-0.39, 0.29) is 28.2 Å². The molecule has 1 N–H and O–H groups in total. The number of hydrogen-bond donors (Lipinski definition) is 1. The number of carbonyl (C=O) groups is 2. The predicted molar refractivity (Wildman–Crippen MR) is 48.2 cm³/mol. The van der Waals surface area contributed by atoms with Gasteiger partial charge in [0.2, 0.25) is 0 Å². The molecule has 4 heteroatoms. The number of nitriles is 1. The highest BCUT2D eigenvalue weighted by Crippen LogP contribution is 2.22. The van der Waals surface area contributed by atoms with Gasteiger partial charge in [-0.1, -0.05) is 0 Å². The summed E-state index contributed by atoms with van der Waals surface area (Å²) in [6, 6.07) is 4.22.